The highest BCUT2D eigenvalue weighted by Crippen LogP contribution is 2.12. The SMILES string of the molecule is CC(=O)c1ccc(NC(=O)/C(C)=C\C(=O)Nc2ccc(C(=O)O)cc2)cc1. The van der Waals surface area contributed by atoms with E-state index < -0.39 is 17.8 Å². The van der Waals surface area contributed by atoms with Gasteiger partial charge in [-0.25, -0.2) is 4.79 Å². The van der Waals surface area contributed by atoms with E-state index in [2.05, 4.69) is 10.6 Å². The van der Waals surface area contributed by atoms with Crippen LogP contribution in [0.5, 0.6) is 0 Å². The largest absolute Gasteiger partial charge is 0.478 e. The molecule has 0 aliphatic carbocycles. The van der Waals surface area contributed by atoms with Gasteiger partial charge in [-0.3, -0.25) is 14.4 Å². The van der Waals surface area contributed by atoms with Gasteiger partial charge in [-0.15, -0.1) is 0 Å². The molecule has 0 radical (unpaired) electrons. The molecule has 7 nitrogen and oxygen atoms in total. The summed E-state index contributed by atoms with van der Waals surface area (Å²) in [5.74, 6) is -2.10. The maximum Gasteiger partial charge on any atom is 0.335 e. The van der Waals surface area contributed by atoms with Gasteiger partial charge in [0.15, 0.2) is 5.78 Å². The van der Waals surface area contributed by atoms with Gasteiger partial charge in [-0.2, -0.15) is 0 Å². The Morgan fingerprint density at radius 3 is 1.74 bits per heavy atom. The van der Waals surface area contributed by atoms with E-state index >= 15 is 0 Å². The summed E-state index contributed by atoms with van der Waals surface area (Å²) in [5, 5.41) is 14.0. The van der Waals surface area contributed by atoms with Gasteiger partial charge in [0, 0.05) is 28.6 Å². The van der Waals surface area contributed by atoms with Crippen molar-refractivity contribution in [2.24, 2.45) is 0 Å². The minimum absolute atomic E-state index is 0.0722. The Labute approximate surface area is 155 Å². The number of nitrogens with one attached hydrogen (secondary N) is 2. The Morgan fingerprint density at radius 1 is 0.778 bits per heavy atom. The number of anilines is 2. The number of hydrogen-bond acceptors (Lipinski definition) is 4. The fourth-order valence-electron chi connectivity index (χ4n) is 2.15. The minimum atomic E-state index is -1.06. The van der Waals surface area contributed by atoms with Crippen LogP contribution >= 0.6 is 0 Å². The second-order valence-electron chi connectivity index (χ2n) is 5.79. The fraction of sp³-hybridized carbons (Fsp3) is 0.100. The molecule has 0 fully saturated rings. The van der Waals surface area contributed by atoms with Crippen molar-refractivity contribution in [3.63, 3.8) is 0 Å². The van der Waals surface area contributed by atoms with Crippen molar-refractivity contribution < 1.29 is 24.3 Å². The smallest absolute Gasteiger partial charge is 0.335 e. The van der Waals surface area contributed by atoms with Crippen LogP contribution in [0.15, 0.2) is 60.2 Å². The zero-order chi connectivity index (χ0) is 20.0. The monoisotopic (exact) mass is 366 g/mol. The summed E-state index contributed by atoms with van der Waals surface area (Å²) >= 11 is 0. The molecule has 3 N–H and O–H groups in total. The molecule has 0 spiro atoms. The summed E-state index contributed by atoms with van der Waals surface area (Å²) in [6.45, 7) is 2.95. The quantitative estimate of drug-likeness (QED) is 0.537. The lowest BCUT2D eigenvalue weighted by Gasteiger charge is -2.07. The van der Waals surface area contributed by atoms with Gasteiger partial charge in [0.25, 0.3) is 5.91 Å². The third-order valence-electron chi connectivity index (χ3n) is 3.65. The van der Waals surface area contributed by atoms with E-state index in [1.807, 2.05) is 0 Å². The summed E-state index contributed by atoms with van der Waals surface area (Å²) in [7, 11) is 0. The lowest BCUT2D eigenvalue weighted by atomic mass is 10.1. The Balaban J connectivity index is 1.98. The molecular weight excluding hydrogens is 348 g/mol. The highest BCUT2D eigenvalue weighted by Gasteiger charge is 2.09. The van der Waals surface area contributed by atoms with Gasteiger partial charge in [-0.1, -0.05) is 0 Å². The molecule has 0 unspecified atom stereocenters. The van der Waals surface area contributed by atoms with Crippen LogP contribution in [0.25, 0.3) is 0 Å². The molecule has 0 saturated heterocycles. The Kier molecular flexibility index (Phi) is 6.22. The number of amides is 2. The van der Waals surface area contributed by atoms with Crippen molar-refractivity contribution in [1.29, 1.82) is 0 Å². The molecule has 0 aliphatic heterocycles. The van der Waals surface area contributed by atoms with Crippen molar-refractivity contribution in [2.45, 2.75) is 13.8 Å². The van der Waals surface area contributed by atoms with E-state index in [1.54, 1.807) is 24.3 Å². The Morgan fingerprint density at radius 2 is 1.26 bits per heavy atom. The molecule has 2 aromatic rings. The van der Waals surface area contributed by atoms with Crippen LogP contribution in [0.3, 0.4) is 0 Å². The summed E-state index contributed by atoms with van der Waals surface area (Å²) in [6.07, 6.45) is 1.14. The second-order valence-corrected chi connectivity index (χ2v) is 5.79. The first-order valence-corrected chi connectivity index (χ1v) is 8.01. The molecule has 2 rings (SSSR count). The zero-order valence-corrected chi connectivity index (χ0v) is 14.8. The van der Waals surface area contributed by atoms with Gasteiger partial charge in [0.1, 0.15) is 0 Å². The standard InChI is InChI=1S/C20H18N2O5/c1-12(19(25)22-17-7-3-14(4-8-17)13(2)23)11-18(24)21-16-9-5-15(6-10-16)20(26)27/h3-11H,1-2H3,(H,21,24)(H,22,25)(H,26,27)/b12-11-. The van der Waals surface area contributed by atoms with Gasteiger partial charge in [0.05, 0.1) is 5.56 Å². The van der Waals surface area contributed by atoms with Gasteiger partial charge >= 0.3 is 5.97 Å². The number of aromatic carboxylic acids is 1. The van der Waals surface area contributed by atoms with Crippen LogP contribution in [0.4, 0.5) is 11.4 Å². The van der Waals surface area contributed by atoms with E-state index in [1.165, 1.54) is 38.1 Å². The first-order chi connectivity index (χ1) is 12.8. The number of ketones is 1. The number of benzene rings is 2. The van der Waals surface area contributed by atoms with Crippen LogP contribution in [0, 0.1) is 0 Å². The number of Topliss-reactive ketones (excluding diaryl/α,β-unsaturated/α-hetero) is 1. The van der Waals surface area contributed by atoms with E-state index in [0.717, 1.165) is 6.08 Å². The molecule has 0 saturated carbocycles. The second kappa shape index (κ2) is 8.57. The Hall–Kier alpha value is -3.74. The molecule has 2 amide bonds. The number of hydrogen-bond donors (Lipinski definition) is 3. The average molecular weight is 366 g/mol. The third kappa shape index (κ3) is 5.64. The summed E-state index contributed by atoms with van der Waals surface area (Å²) in [5.41, 5.74) is 1.74. The normalized spacial score (nSPS) is 10.8. The molecule has 27 heavy (non-hydrogen) atoms. The highest BCUT2D eigenvalue weighted by atomic mass is 16.4. The lowest BCUT2D eigenvalue weighted by Crippen LogP contribution is -2.16. The molecular formula is C20H18N2O5. The average Bonchev–Trinajstić information content (AvgIpc) is 2.62. The summed E-state index contributed by atoms with van der Waals surface area (Å²) in [4.78, 5) is 46.2. The predicted molar refractivity (Wildman–Crippen MR) is 101 cm³/mol. The van der Waals surface area contributed by atoms with E-state index in [0.29, 0.717) is 16.9 Å². The maximum absolute atomic E-state index is 12.1. The first kappa shape index (κ1) is 19.6. The summed E-state index contributed by atoms with van der Waals surface area (Å²) < 4.78 is 0. The fourth-order valence-corrected chi connectivity index (χ4v) is 2.15. The zero-order valence-electron chi connectivity index (χ0n) is 14.8. The molecule has 7 heteroatoms. The Bertz CT molecular complexity index is 912. The maximum atomic E-state index is 12.1. The number of carbonyl (C=O) groups is 4. The molecule has 0 aliphatic rings. The number of rotatable bonds is 6. The van der Waals surface area contributed by atoms with Gasteiger partial charge in [0.2, 0.25) is 5.91 Å². The van der Waals surface area contributed by atoms with Crippen LogP contribution in [0.2, 0.25) is 0 Å². The summed E-state index contributed by atoms with van der Waals surface area (Å²) in [6, 6.07) is 12.1. The molecule has 2 aromatic carbocycles. The van der Waals surface area contributed by atoms with Crippen molar-refractivity contribution in [1.82, 2.24) is 0 Å². The number of carboxylic acid groups (broad SMARTS) is 1. The topological polar surface area (TPSA) is 113 Å². The first-order valence-electron chi connectivity index (χ1n) is 8.01. The molecule has 0 heterocycles. The molecule has 0 aromatic heterocycles. The number of carboxylic acids is 1. The van der Waals surface area contributed by atoms with Crippen molar-refractivity contribution >= 4 is 34.9 Å². The van der Waals surface area contributed by atoms with Crippen LogP contribution in [-0.2, 0) is 9.59 Å². The van der Waals surface area contributed by atoms with E-state index in [-0.39, 0.29) is 16.9 Å². The van der Waals surface area contributed by atoms with Crippen LogP contribution < -0.4 is 10.6 Å². The molecule has 0 atom stereocenters. The van der Waals surface area contributed by atoms with E-state index in [9.17, 15) is 19.2 Å². The highest BCUT2D eigenvalue weighted by molar-refractivity contribution is 6.10. The van der Waals surface area contributed by atoms with Crippen molar-refractivity contribution in [3.8, 4) is 0 Å². The van der Waals surface area contributed by atoms with Crippen molar-refractivity contribution in [2.75, 3.05) is 10.6 Å². The number of carbonyl (C=O) groups excluding carboxylic acids is 3. The van der Waals surface area contributed by atoms with Crippen molar-refractivity contribution in [3.05, 3.63) is 71.3 Å². The molecule has 138 valence electrons. The molecule has 0 bridgehead atoms. The van der Waals surface area contributed by atoms with E-state index in [4.69, 9.17) is 5.11 Å². The van der Waals surface area contributed by atoms with Crippen LogP contribution in [-0.4, -0.2) is 28.7 Å². The third-order valence-corrected chi connectivity index (χ3v) is 3.65. The van der Waals surface area contributed by atoms with Crippen LogP contribution in [0.1, 0.15) is 34.6 Å². The minimum Gasteiger partial charge on any atom is -0.478 e. The van der Waals surface area contributed by atoms with Gasteiger partial charge in [-0.05, 0) is 62.4 Å². The lowest BCUT2D eigenvalue weighted by molar-refractivity contribution is -0.114. The van der Waals surface area contributed by atoms with Gasteiger partial charge < -0.3 is 15.7 Å². The predicted octanol–water partition coefficient (Wildman–Crippen LogP) is 3.11.